The van der Waals surface area contributed by atoms with Gasteiger partial charge in [-0.15, -0.1) is 0 Å². The maximum atomic E-state index is 13.1. The minimum atomic E-state index is -0.283. The average molecular weight is 178 g/mol. The van der Waals surface area contributed by atoms with Crippen molar-refractivity contribution in [1.82, 2.24) is 4.98 Å². The molecule has 13 heavy (non-hydrogen) atoms. The lowest BCUT2D eigenvalue weighted by Gasteiger charge is -2.12. The van der Waals surface area contributed by atoms with Gasteiger partial charge in [0.15, 0.2) is 11.6 Å². The fourth-order valence-electron chi connectivity index (χ4n) is 1.42. The van der Waals surface area contributed by atoms with Crippen molar-refractivity contribution >= 4 is 5.82 Å². The SMILES string of the molecule is Fc1cccnc1NC1CC=CC1. The summed E-state index contributed by atoms with van der Waals surface area (Å²) in [5.41, 5.74) is 0. The molecule has 1 N–H and O–H groups in total. The van der Waals surface area contributed by atoms with Gasteiger partial charge in [-0.1, -0.05) is 12.2 Å². The number of nitrogens with one attached hydrogen (secondary N) is 1. The number of halogens is 1. The summed E-state index contributed by atoms with van der Waals surface area (Å²) in [6.07, 6.45) is 7.69. The fourth-order valence-corrected chi connectivity index (χ4v) is 1.42. The smallest absolute Gasteiger partial charge is 0.165 e. The third-order valence-corrected chi connectivity index (χ3v) is 2.11. The van der Waals surface area contributed by atoms with Crippen LogP contribution in [0.1, 0.15) is 12.8 Å². The first kappa shape index (κ1) is 8.23. The monoisotopic (exact) mass is 178 g/mol. The molecule has 1 heterocycles. The Morgan fingerprint density at radius 1 is 1.38 bits per heavy atom. The van der Waals surface area contributed by atoms with Crippen molar-refractivity contribution in [1.29, 1.82) is 0 Å². The Morgan fingerprint density at radius 3 is 2.85 bits per heavy atom. The molecule has 0 fully saturated rings. The van der Waals surface area contributed by atoms with Crippen molar-refractivity contribution in [2.24, 2.45) is 0 Å². The quantitative estimate of drug-likeness (QED) is 0.703. The Morgan fingerprint density at radius 2 is 2.15 bits per heavy atom. The average Bonchev–Trinajstić information content (AvgIpc) is 2.61. The highest BCUT2D eigenvalue weighted by molar-refractivity contribution is 5.37. The van der Waals surface area contributed by atoms with E-state index >= 15 is 0 Å². The largest absolute Gasteiger partial charge is 0.364 e. The van der Waals surface area contributed by atoms with E-state index in [1.54, 1.807) is 12.3 Å². The Bertz CT molecular complexity index is 314. The Kier molecular flexibility index (Phi) is 2.25. The van der Waals surface area contributed by atoms with E-state index in [1.165, 1.54) is 6.07 Å². The Labute approximate surface area is 76.5 Å². The molecule has 2 rings (SSSR count). The van der Waals surface area contributed by atoms with Gasteiger partial charge in [0.05, 0.1) is 0 Å². The number of aromatic nitrogens is 1. The fraction of sp³-hybridized carbons (Fsp3) is 0.300. The third-order valence-electron chi connectivity index (χ3n) is 2.11. The lowest BCUT2D eigenvalue weighted by molar-refractivity contribution is 0.619. The van der Waals surface area contributed by atoms with Gasteiger partial charge in [0.2, 0.25) is 0 Å². The van der Waals surface area contributed by atoms with Crippen molar-refractivity contribution in [2.75, 3.05) is 5.32 Å². The van der Waals surface area contributed by atoms with E-state index in [1.807, 2.05) is 0 Å². The maximum Gasteiger partial charge on any atom is 0.165 e. The summed E-state index contributed by atoms with van der Waals surface area (Å²) in [6, 6.07) is 3.31. The molecule has 0 atom stereocenters. The van der Waals surface area contributed by atoms with Crippen LogP contribution in [0.5, 0.6) is 0 Å². The molecule has 1 aromatic rings. The summed E-state index contributed by atoms with van der Waals surface area (Å²) < 4.78 is 13.1. The van der Waals surface area contributed by atoms with Gasteiger partial charge in [0.1, 0.15) is 0 Å². The van der Waals surface area contributed by atoms with Gasteiger partial charge >= 0.3 is 0 Å². The van der Waals surface area contributed by atoms with Gasteiger partial charge in [-0.25, -0.2) is 9.37 Å². The van der Waals surface area contributed by atoms with Crippen LogP contribution in [0.4, 0.5) is 10.2 Å². The zero-order chi connectivity index (χ0) is 9.10. The van der Waals surface area contributed by atoms with Crippen molar-refractivity contribution in [3.05, 3.63) is 36.3 Å². The molecule has 0 saturated carbocycles. The number of pyridine rings is 1. The van der Waals surface area contributed by atoms with Crippen molar-refractivity contribution in [3.8, 4) is 0 Å². The van der Waals surface area contributed by atoms with Gasteiger partial charge in [-0.05, 0) is 25.0 Å². The van der Waals surface area contributed by atoms with Crippen LogP contribution in [0.15, 0.2) is 30.5 Å². The van der Waals surface area contributed by atoms with Gasteiger partial charge in [0, 0.05) is 12.2 Å². The number of hydrogen-bond acceptors (Lipinski definition) is 2. The molecule has 1 aliphatic carbocycles. The summed E-state index contributed by atoms with van der Waals surface area (Å²) in [7, 11) is 0. The highest BCUT2D eigenvalue weighted by atomic mass is 19.1. The van der Waals surface area contributed by atoms with Crippen LogP contribution in [0.25, 0.3) is 0 Å². The zero-order valence-corrected chi connectivity index (χ0v) is 7.20. The van der Waals surface area contributed by atoms with E-state index < -0.39 is 0 Å². The summed E-state index contributed by atoms with van der Waals surface area (Å²) in [6.45, 7) is 0. The summed E-state index contributed by atoms with van der Waals surface area (Å²) >= 11 is 0. The molecule has 1 aromatic heterocycles. The second-order valence-electron chi connectivity index (χ2n) is 3.12. The van der Waals surface area contributed by atoms with E-state index in [0.717, 1.165) is 12.8 Å². The van der Waals surface area contributed by atoms with Gasteiger partial charge in [0.25, 0.3) is 0 Å². The molecule has 0 saturated heterocycles. The van der Waals surface area contributed by atoms with E-state index in [-0.39, 0.29) is 5.82 Å². The highest BCUT2D eigenvalue weighted by Gasteiger charge is 2.11. The molecule has 0 amide bonds. The van der Waals surface area contributed by atoms with E-state index in [4.69, 9.17) is 0 Å². The van der Waals surface area contributed by atoms with Gasteiger partial charge in [-0.2, -0.15) is 0 Å². The lowest BCUT2D eigenvalue weighted by Crippen LogP contribution is -2.16. The zero-order valence-electron chi connectivity index (χ0n) is 7.20. The number of rotatable bonds is 2. The number of nitrogens with zero attached hydrogens (tertiary/aromatic N) is 1. The van der Waals surface area contributed by atoms with E-state index in [9.17, 15) is 4.39 Å². The molecule has 0 aliphatic heterocycles. The standard InChI is InChI=1S/C10H11FN2/c11-9-6-3-7-12-10(9)13-8-4-1-2-5-8/h1-3,6-8H,4-5H2,(H,12,13). The predicted octanol–water partition coefficient (Wildman–Crippen LogP) is 2.35. The minimum Gasteiger partial charge on any atom is -0.364 e. The van der Waals surface area contributed by atoms with E-state index in [0.29, 0.717) is 11.9 Å². The number of hydrogen-bond donors (Lipinski definition) is 1. The highest BCUT2D eigenvalue weighted by Crippen LogP contribution is 2.16. The molecular weight excluding hydrogens is 167 g/mol. The number of anilines is 1. The molecule has 0 spiro atoms. The second kappa shape index (κ2) is 3.56. The van der Waals surface area contributed by atoms with E-state index in [2.05, 4.69) is 22.5 Å². The molecule has 0 radical (unpaired) electrons. The van der Waals surface area contributed by atoms with Crippen molar-refractivity contribution in [3.63, 3.8) is 0 Å². The first-order valence-corrected chi connectivity index (χ1v) is 4.38. The molecule has 0 unspecified atom stereocenters. The minimum absolute atomic E-state index is 0.283. The lowest BCUT2D eigenvalue weighted by atomic mass is 10.2. The van der Waals surface area contributed by atoms with Crippen LogP contribution < -0.4 is 5.32 Å². The molecule has 0 bridgehead atoms. The first-order chi connectivity index (χ1) is 6.36. The summed E-state index contributed by atoms with van der Waals surface area (Å²) in [5.74, 6) is 0.0746. The van der Waals surface area contributed by atoms with Crippen LogP contribution >= 0.6 is 0 Å². The predicted molar refractivity (Wildman–Crippen MR) is 50.0 cm³/mol. The molecule has 3 heteroatoms. The Balaban J connectivity index is 2.05. The van der Waals surface area contributed by atoms with Crippen LogP contribution in [-0.2, 0) is 0 Å². The molecule has 0 aromatic carbocycles. The van der Waals surface area contributed by atoms with Crippen molar-refractivity contribution < 1.29 is 4.39 Å². The van der Waals surface area contributed by atoms with Crippen LogP contribution in [0.3, 0.4) is 0 Å². The van der Waals surface area contributed by atoms with Gasteiger partial charge < -0.3 is 5.32 Å². The molecule has 1 aliphatic rings. The van der Waals surface area contributed by atoms with Crippen LogP contribution in [-0.4, -0.2) is 11.0 Å². The summed E-state index contributed by atoms with van der Waals surface area (Å²) in [4.78, 5) is 3.93. The molecular formula is C10H11FN2. The third kappa shape index (κ3) is 1.86. The molecule has 68 valence electrons. The van der Waals surface area contributed by atoms with Crippen molar-refractivity contribution in [2.45, 2.75) is 18.9 Å². The summed E-state index contributed by atoms with van der Waals surface area (Å²) in [5, 5.41) is 3.06. The normalized spacial score (nSPS) is 16.4. The topological polar surface area (TPSA) is 24.9 Å². The van der Waals surface area contributed by atoms with Gasteiger partial charge in [-0.3, -0.25) is 0 Å². The second-order valence-corrected chi connectivity index (χ2v) is 3.12. The maximum absolute atomic E-state index is 13.1. The molecule has 2 nitrogen and oxygen atoms in total. The van der Waals surface area contributed by atoms with Crippen LogP contribution in [0.2, 0.25) is 0 Å². The Hall–Kier alpha value is -1.38. The first-order valence-electron chi connectivity index (χ1n) is 4.38. The van der Waals surface area contributed by atoms with Crippen LogP contribution in [0, 0.1) is 5.82 Å².